The Bertz CT molecular complexity index is 1180. The number of rotatable bonds is 8. The number of oxime groups is 1. The molecule has 2 heterocycles. The summed E-state index contributed by atoms with van der Waals surface area (Å²) in [5, 5.41) is 17.3. The Hall–Kier alpha value is -4.10. The molecule has 1 aromatic carbocycles. The number of thiophene rings is 1. The number of nitrogens with zero attached hydrogens (tertiary/aromatic N) is 2. The summed E-state index contributed by atoms with van der Waals surface area (Å²) < 4.78 is 0. The Morgan fingerprint density at radius 2 is 2.03 bits per heavy atom. The zero-order valence-electron chi connectivity index (χ0n) is 19.2. The Kier molecular flexibility index (Phi) is 9.03. The quantitative estimate of drug-likeness (QED) is 0.110. The lowest BCUT2D eigenvalue weighted by Crippen LogP contribution is -2.53. The molecule has 35 heavy (non-hydrogen) atoms. The summed E-state index contributed by atoms with van der Waals surface area (Å²) in [4.78, 5) is 41.3. The van der Waals surface area contributed by atoms with E-state index < -0.39 is 18.0 Å². The van der Waals surface area contributed by atoms with E-state index in [1.54, 1.807) is 36.4 Å². The molecule has 0 saturated carbocycles. The molecular formula is C25H27N5O4S. The number of carbonyl (C=O) groups excluding carboxylic acids is 3. The molecule has 0 aliphatic carbocycles. The highest BCUT2D eigenvalue weighted by molar-refractivity contribution is 7.14. The highest BCUT2D eigenvalue weighted by Crippen LogP contribution is 2.17. The number of amides is 3. The van der Waals surface area contributed by atoms with Gasteiger partial charge in [-0.05, 0) is 30.7 Å². The van der Waals surface area contributed by atoms with Crippen molar-refractivity contribution in [3.63, 3.8) is 0 Å². The third-order valence-corrected chi connectivity index (χ3v) is 6.35. The van der Waals surface area contributed by atoms with Crippen LogP contribution in [0.5, 0.6) is 0 Å². The molecule has 0 spiro atoms. The van der Waals surface area contributed by atoms with Gasteiger partial charge in [-0.2, -0.15) is 0 Å². The molecule has 1 aromatic heterocycles. The van der Waals surface area contributed by atoms with Gasteiger partial charge in [-0.1, -0.05) is 54.8 Å². The third kappa shape index (κ3) is 6.94. The van der Waals surface area contributed by atoms with Gasteiger partial charge >= 0.3 is 0 Å². The zero-order valence-corrected chi connectivity index (χ0v) is 20.0. The van der Waals surface area contributed by atoms with Gasteiger partial charge in [0.15, 0.2) is 5.84 Å². The molecule has 3 amide bonds. The number of amidine groups is 1. The lowest BCUT2D eigenvalue weighted by molar-refractivity contribution is -0.140. The average molecular weight is 494 g/mol. The van der Waals surface area contributed by atoms with Crippen LogP contribution in [0.25, 0.3) is 0 Å². The van der Waals surface area contributed by atoms with Gasteiger partial charge in [-0.25, -0.2) is 0 Å². The predicted molar refractivity (Wildman–Crippen MR) is 133 cm³/mol. The molecule has 1 aliphatic heterocycles. The van der Waals surface area contributed by atoms with E-state index in [0.717, 1.165) is 4.88 Å². The van der Waals surface area contributed by atoms with Crippen molar-refractivity contribution in [3.8, 4) is 11.8 Å². The fourth-order valence-electron chi connectivity index (χ4n) is 3.51. The van der Waals surface area contributed by atoms with Crippen LogP contribution < -0.4 is 16.4 Å². The molecule has 0 radical (unpaired) electrons. The second kappa shape index (κ2) is 12.4. The minimum atomic E-state index is -0.784. The zero-order chi connectivity index (χ0) is 25.2. The van der Waals surface area contributed by atoms with Crippen molar-refractivity contribution in [1.29, 1.82) is 0 Å². The number of nitrogens with two attached hydrogens (primary N) is 1. The highest BCUT2D eigenvalue weighted by atomic mass is 32.1. The number of hydrogen-bond acceptors (Lipinski definition) is 6. The molecule has 1 aliphatic rings. The van der Waals surface area contributed by atoms with Crippen LogP contribution in [0.15, 0.2) is 59.8 Å². The van der Waals surface area contributed by atoms with Crippen molar-refractivity contribution < 1.29 is 19.6 Å². The number of nitrogens with one attached hydrogen (secondary N) is 2. The van der Waals surface area contributed by atoms with Crippen molar-refractivity contribution in [3.05, 3.63) is 69.9 Å². The Labute approximate surface area is 207 Å². The Morgan fingerprint density at radius 1 is 1.26 bits per heavy atom. The first-order valence-electron chi connectivity index (χ1n) is 11.1. The molecule has 182 valence electrons. The fraction of sp³-hybridized carbons (Fsp3) is 0.280. The van der Waals surface area contributed by atoms with Crippen LogP contribution in [0.2, 0.25) is 0 Å². The molecule has 0 saturated heterocycles. The van der Waals surface area contributed by atoms with Gasteiger partial charge in [-0.15, -0.1) is 11.3 Å². The summed E-state index contributed by atoms with van der Waals surface area (Å²) in [6, 6.07) is 11.0. The molecule has 0 bridgehead atoms. The molecule has 0 fully saturated rings. The average Bonchev–Trinajstić information content (AvgIpc) is 3.56. The number of carbonyl (C=O) groups is 3. The van der Waals surface area contributed by atoms with Crippen LogP contribution in [-0.4, -0.2) is 52.3 Å². The van der Waals surface area contributed by atoms with Crippen LogP contribution in [0.1, 0.15) is 35.1 Å². The maximum atomic E-state index is 13.2. The Morgan fingerprint density at radius 3 is 2.74 bits per heavy atom. The Balaban J connectivity index is 1.61. The summed E-state index contributed by atoms with van der Waals surface area (Å²) in [7, 11) is 0. The fourth-order valence-corrected chi connectivity index (χ4v) is 4.35. The largest absolute Gasteiger partial charge is 0.409 e. The van der Waals surface area contributed by atoms with Gasteiger partial charge in [0.2, 0.25) is 11.8 Å². The topological polar surface area (TPSA) is 137 Å². The minimum Gasteiger partial charge on any atom is -0.409 e. The van der Waals surface area contributed by atoms with Crippen LogP contribution in [-0.2, 0) is 20.9 Å². The van der Waals surface area contributed by atoms with Crippen molar-refractivity contribution in [2.24, 2.45) is 10.9 Å². The molecule has 9 nitrogen and oxygen atoms in total. The van der Waals surface area contributed by atoms with E-state index >= 15 is 0 Å². The van der Waals surface area contributed by atoms with Crippen molar-refractivity contribution in [2.75, 3.05) is 6.54 Å². The summed E-state index contributed by atoms with van der Waals surface area (Å²) in [5.74, 6) is 4.08. The van der Waals surface area contributed by atoms with Crippen LogP contribution in [0, 0.1) is 11.8 Å². The predicted octanol–water partition coefficient (Wildman–Crippen LogP) is 1.56. The number of hydrogen-bond donors (Lipinski definition) is 4. The second-order valence-electron chi connectivity index (χ2n) is 7.76. The van der Waals surface area contributed by atoms with E-state index in [9.17, 15) is 14.4 Å². The van der Waals surface area contributed by atoms with Crippen molar-refractivity contribution >= 4 is 34.9 Å². The maximum Gasteiger partial charge on any atom is 0.296 e. The smallest absolute Gasteiger partial charge is 0.296 e. The third-order valence-electron chi connectivity index (χ3n) is 5.24. The second-order valence-corrected chi connectivity index (χ2v) is 8.93. The van der Waals surface area contributed by atoms with Gasteiger partial charge in [-0.3, -0.25) is 14.4 Å². The summed E-state index contributed by atoms with van der Waals surface area (Å²) in [6.07, 6.45) is 4.52. The summed E-state index contributed by atoms with van der Waals surface area (Å²) in [5.41, 5.74) is 6.28. The van der Waals surface area contributed by atoms with Gasteiger partial charge < -0.3 is 26.5 Å². The van der Waals surface area contributed by atoms with Crippen LogP contribution in [0.4, 0.5) is 0 Å². The maximum absolute atomic E-state index is 13.2. The summed E-state index contributed by atoms with van der Waals surface area (Å²) in [6.45, 7) is 2.42. The van der Waals surface area contributed by atoms with Crippen molar-refractivity contribution in [2.45, 2.75) is 38.4 Å². The van der Waals surface area contributed by atoms with Gasteiger partial charge in [0, 0.05) is 22.9 Å². The highest BCUT2D eigenvalue weighted by Gasteiger charge is 2.34. The van der Waals surface area contributed by atoms with Gasteiger partial charge in [0.05, 0.1) is 11.4 Å². The first kappa shape index (κ1) is 25.5. The van der Waals surface area contributed by atoms with Crippen molar-refractivity contribution in [1.82, 2.24) is 15.5 Å². The van der Waals surface area contributed by atoms with Gasteiger partial charge in [0.1, 0.15) is 12.1 Å². The number of benzene rings is 1. The molecule has 10 heteroatoms. The molecule has 1 unspecified atom stereocenters. The van der Waals surface area contributed by atoms with E-state index in [1.807, 2.05) is 25.1 Å². The van der Waals surface area contributed by atoms with E-state index in [-0.39, 0.29) is 30.7 Å². The SMILES string of the molecule is CCC[C@H](NC(=O)C#Cc1ccccc1)C(=O)N1CC=CC1C(=O)NCc1ccc(/C(N)=N/O)s1. The minimum absolute atomic E-state index is 0.000506. The summed E-state index contributed by atoms with van der Waals surface area (Å²) >= 11 is 1.29. The van der Waals surface area contributed by atoms with E-state index in [2.05, 4.69) is 27.6 Å². The molecule has 2 aromatic rings. The van der Waals surface area contributed by atoms with Gasteiger partial charge in [0.25, 0.3) is 5.91 Å². The van der Waals surface area contributed by atoms with Crippen LogP contribution >= 0.6 is 11.3 Å². The van der Waals surface area contributed by atoms with Crippen LogP contribution in [0.3, 0.4) is 0 Å². The molecule has 3 rings (SSSR count). The molecule has 2 atom stereocenters. The molecular weight excluding hydrogens is 466 g/mol. The normalized spacial score (nSPS) is 15.7. The van der Waals surface area contributed by atoms with E-state index in [4.69, 9.17) is 10.9 Å². The molecule has 5 N–H and O–H groups in total. The standard InChI is InChI=1S/C25H27N5O4S/c1-2-7-19(28-22(31)14-11-17-8-4-3-5-9-17)25(33)30-15-6-10-20(30)24(32)27-16-18-12-13-21(35-18)23(26)29-34/h3-6,8-10,12-13,19-20,34H,2,7,15-16H2,1H3,(H2,26,29)(H,27,32)(H,28,31)/t19-,20?/m0/s1. The first-order chi connectivity index (χ1) is 16.9. The van der Waals surface area contributed by atoms with E-state index in [0.29, 0.717) is 23.3 Å². The lowest BCUT2D eigenvalue weighted by atomic mass is 10.1. The first-order valence-corrected chi connectivity index (χ1v) is 11.9. The lowest BCUT2D eigenvalue weighted by Gasteiger charge is -2.28. The van der Waals surface area contributed by atoms with E-state index in [1.165, 1.54) is 16.2 Å². The monoisotopic (exact) mass is 493 g/mol.